The Morgan fingerprint density at radius 1 is 1.13 bits per heavy atom. The Bertz CT molecular complexity index is 1120. The number of halogens is 2. The number of carbonyl (C=O) groups excluding carboxylic acids is 2. The van der Waals surface area contributed by atoms with Crippen LogP contribution >= 0.6 is 23.2 Å². The van der Waals surface area contributed by atoms with Gasteiger partial charge in [0.05, 0.1) is 28.9 Å². The molecule has 0 saturated carbocycles. The molecule has 30 heavy (non-hydrogen) atoms. The minimum absolute atomic E-state index is 0.0415. The van der Waals surface area contributed by atoms with Crippen molar-refractivity contribution in [2.45, 2.75) is 17.9 Å². The standard InChI is InChI=1S/C20H18Cl2N2O5S/c1-2-29-19(25)17-16(11-30(27,28)13-6-4-3-5-7-13)23-20(26)24-18(17)14-9-8-12(21)10-15(14)22/h3-10,18H,2,11H2,1H3,(H2,23,24,26). The van der Waals surface area contributed by atoms with Crippen LogP contribution in [0.15, 0.2) is 64.7 Å². The summed E-state index contributed by atoms with van der Waals surface area (Å²) in [5.41, 5.74) is 0.269. The molecule has 1 heterocycles. The maximum atomic E-state index is 12.9. The molecular weight excluding hydrogens is 451 g/mol. The number of rotatable bonds is 6. The number of urea groups is 1. The highest BCUT2D eigenvalue weighted by atomic mass is 35.5. The van der Waals surface area contributed by atoms with Crippen LogP contribution in [0, 0.1) is 0 Å². The van der Waals surface area contributed by atoms with Gasteiger partial charge in [-0.15, -0.1) is 0 Å². The van der Waals surface area contributed by atoms with E-state index in [0.29, 0.717) is 10.6 Å². The van der Waals surface area contributed by atoms with Gasteiger partial charge in [0.15, 0.2) is 9.84 Å². The smallest absolute Gasteiger partial charge is 0.338 e. The lowest BCUT2D eigenvalue weighted by Gasteiger charge is -2.29. The highest BCUT2D eigenvalue weighted by Gasteiger charge is 2.36. The molecule has 158 valence electrons. The normalized spacial score (nSPS) is 16.6. The molecular formula is C20H18Cl2N2O5S. The van der Waals surface area contributed by atoms with Gasteiger partial charge in [0.1, 0.15) is 0 Å². The van der Waals surface area contributed by atoms with Crippen LogP contribution in [0.5, 0.6) is 0 Å². The summed E-state index contributed by atoms with van der Waals surface area (Å²) in [6, 6.07) is 10.6. The van der Waals surface area contributed by atoms with Gasteiger partial charge in [-0.1, -0.05) is 47.5 Å². The largest absolute Gasteiger partial charge is 0.463 e. The summed E-state index contributed by atoms with van der Waals surface area (Å²) in [5, 5.41) is 5.63. The topological polar surface area (TPSA) is 102 Å². The molecule has 2 aromatic carbocycles. The lowest BCUT2D eigenvalue weighted by atomic mass is 9.95. The van der Waals surface area contributed by atoms with Gasteiger partial charge in [-0.3, -0.25) is 0 Å². The van der Waals surface area contributed by atoms with Gasteiger partial charge in [-0.05, 0) is 36.8 Å². The van der Waals surface area contributed by atoms with Crippen LogP contribution in [-0.2, 0) is 19.4 Å². The molecule has 0 aromatic heterocycles. The Kier molecular flexibility index (Phi) is 6.70. The SMILES string of the molecule is CCOC(=O)C1=C(CS(=O)(=O)c2ccccc2)NC(=O)NC1c1ccc(Cl)cc1Cl. The Morgan fingerprint density at radius 2 is 1.83 bits per heavy atom. The fourth-order valence-corrected chi connectivity index (χ4v) is 4.92. The molecule has 0 aliphatic carbocycles. The van der Waals surface area contributed by atoms with E-state index in [2.05, 4.69) is 10.6 Å². The summed E-state index contributed by atoms with van der Waals surface area (Å²) in [4.78, 5) is 25.1. The second kappa shape index (κ2) is 9.07. The number of hydrogen-bond acceptors (Lipinski definition) is 5. The fourth-order valence-electron chi connectivity index (χ4n) is 3.05. The lowest BCUT2D eigenvalue weighted by molar-refractivity contribution is -0.139. The van der Waals surface area contributed by atoms with Crippen molar-refractivity contribution in [2.75, 3.05) is 12.4 Å². The second-order valence-electron chi connectivity index (χ2n) is 6.38. The Hall–Kier alpha value is -2.55. The number of nitrogens with one attached hydrogen (secondary N) is 2. The van der Waals surface area contributed by atoms with Crippen LogP contribution in [0.1, 0.15) is 18.5 Å². The van der Waals surface area contributed by atoms with E-state index in [-0.39, 0.29) is 27.8 Å². The summed E-state index contributed by atoms with van der Waals surface area (Å²) in [6.07, 6.45) is 0. The van der Waals surface area contributed by atoms with Crippen LogP contribution in [0.3, 0.4) is 0 Å². The maximum absolute atomic E-state index is 12.9. The van der Waals surface area contributed by atoms with Crippen LogP contribution in [0.2, 0.25) is 10.0 Å². The highest BCUT2D eigenvalue weighted by molar-refractivity contribution is 7.91. The molecule has 2 amide bonds. The van der Waals surface area contributed by atoms with E-state index in [0.717, 1.165) is 0 Å². The molecule has 7 nitrogen and oxygen atoms in total. The van der Waals surface area contributed by atoms with Crippen molar-refractivity contribution in [2.24, 2.45) is 0 Å². The van der Waals surface area contributed by atoms with Crippen LogP contribution in [-0.4, -0.2) is 32.8 Å². The Labute approximate surface area is 183 Å². The molecule has 1 unspecified atom stereocenters. The summed E-state index contributed by atoms with van der Waals surface area (Å²) in [5.74, 6) is -1.36. The highest BCUT2D eigenvalue weighted by Crippen LogP contribution is 2.34. The first-order chi connectivity index (χ1) is 14.2. The molecule has 1 aliphatic heterocycles. The van der Waals surface area contributed by atoms with E-state index < -0.39 is 33.6 Å². The van der Waals surface area contributed by atoms with Gasteiger partial charge >= 0.3 is 12.0 Å². The number of benzene rings is 2. The fraction of sp³-hybridized carbons (Fsp3) is 0.200. The Balaban J connectivity index is 2.13. The van der Waals surface area contributed by atoms with Crippen molar-refractivity contribution in [1.82, 2.24) is 10.6 Å². The number of esters is 1. The summed E-state index contributed by atoms with van der Waals surface area (Å²) >= 11 is 12.2. The number of amides is 2. The molecule has 2 N–H and O–H groups in total. The molecule has 2 aromatic rings. The first-order valence-corrected chi connectivity index (χ1v) is 11.3. The van der Waals surface area contributed by atoms with Crippen LogP contribution < -0.4 is 10.6 Å². The van der Waals surface area contributed by atoms with Crippen LogP contribution in [0.4, 0.5) is 4.79 Å². The van der Waals surface area contributed by atoms with Gasteiger partial charge in [0.2, 0.25) is 0 Å². The monoisotopic (exact) mass is 468 g/mol. The average molecular weight is 469 g/mol. The molecule has 0 bridgehead atoms. The van der Waals surface area contributed by atoms with Crippen molar-refractivity contribution in [3.8, 4) is 0 Å². The molecule has 0 spiro atoms. The molecule has 1 aliphatic rings. The van der Waals surface area contributed by atoms with Crippen molar-refractivity contribution in [3.63, 3.8) is 0 Å². The molecule has 3 rings (SSSR count). The zero-order valence-electron chi connectivity index (χ0n) is 15.8. The molecule has 10 heteroatoms. The minimum Gasteiger partial charge on any atom is -0.463 e. The van der Waals surface area contributed by atoms with Gasteiger partial charge in [-0.2, -0.15) is 0 Å². The van der Waals surface area contributed by atoms with Gasteiger partial charge < -0.3 is 15.4 Å². The zero-order valence-corrected chi connectivity index (χ0v) is 18.1. The van der Waals surface area contributed by atoms with Crippen molar-refractivity contribution in [1.29, 1.82) is 0 Å². The number of hydrogen-bond donors (Lipinski definition) is 2. The molecule has 0 fully saturated rings. The number of ether oxygens (including phenoxy) is 1. The van der Waals surface area contributed by atoms with E-state index in [4.69, 9.17) is 27.9 Å². The van der Waals surface area contributed by atoms with Crippen molar-refractivity contribution >= 4 is 45.0 Å². The third kappa shape index (κ3) is 4.77. The summed E-state index contributed by atoms with van der Waals surface area (Å²) in [6.45, 7) is 1.69. The number of sulfone groups is 1. The van der Waals surface area contributed by atoms with E-state index in [1.807, 2.05) is 0 Å². The number of carbonyl (C=O) groups is 2. The first-order valence-electron chi connectivity index (χ1n) is 8.93. The predicted octanol–water partition coefficient (Wildman–Crippen LogP) is 3.64. The third-order valence-corrected chi connectivity index (χ3v) is 6.58. The summed E-state index contributed by atoms with van der Waals surface area (Å²) < 4.78 is 30.9. The molecule has 0 radical (unpaired) electrons. The van der Waals surface area contributed by atoms with E-state index in [9.17, 15) is 18.0 Å². The van der Waals surface area contributed by atoms with Crippen molar-refractivity contribution in [3.05, 3.63) is 75.4 Å². The minimum atomic E-state index is -3.85. The van der Waals surface area contributed by atoms with Gasteiger partial charge in [0.25, 0.3) is 0 Å². The van der Waals surface area contributed by atoms with Crippen LogP contribution in [0.25, 0.3) is 0 Å². The zero-order chi connectivity index (χ0) is 21.9. The lowest BCUT2D eigenvalue weighted by Crippen LogP contribution is -2.47. The quantitative estimate of drug-likeness (QED) is 0.630. The van der Waals surface area contributed by atoms with Gasteiger partial charge in [0, 0.05) is 15.7 Å². The predicted molar refractivity (Wildman–Crippen MR) is 113 cm³/mol. The van der Waals surface area contributed by atoms with E-state index >= 15 is 0 Å². The van der Waals surface area contributed by atoms with E-state index in [1.54, 1.807) is 37.3 Å². The average Bonchev–Trinajstić information content (AvgIpc) is 2.68. The molecule has 0 saturated heterocycles. The summed E-state index contributed by atoms with van der Waals surface area (Å²) in [7, 11) is -3.85. The second-order valence-corrected chi connectivity index (χ2v) is 9.22. The maximum Gasteiger partial charge on any atom is 0.338 e. The van der Waals surface area contributed by atoms with Gasteiger partial charge in [-0.25, -0.2) is 18.0 Å². The third-order valence-electron chi connectivity index (χ3n) is 4.36. The first kappa shape index (κ1) is 22.1. The Morgan fingerprint density at radius 3 is 2.47 bits per heavy atom. The molecule has 1 atom stereocenters. The van der Waals surface area contributed by atoms with Crippen molar-refractivity contribution < 1.29 is 22.7 Å². The van der Waals surface area contributed by atoms with E-state index in [1.165, 1.54) is 18.2 Å².